The minimum atomic E-state index is 0.732. The summed E-state index contributed by atoms with van der Waals surface area (Å²) in [5.74, 6) is 0. The van der Waals surface area contributed by atoms with Crippen molar-refractivity contribution >= 4 is 33.2 Å². The van der Waals surface area contributed by atoms with Crippen molar-refractivity contribution < 1.29 is 0 Å². The van der Waals surface area contributed by atoms with E-state index in [1.54, 1.807) is 0 Å². The first-order chi connectivity index (χ1) is 8.56. The topological polar surface area (TPSA) is 12.0 Å². The molecule has 3 heteroatoms. The monoisotopic (exact) mass is 323 g/mol. The molecule has 1 N–H and O–H groups in total. The number of nitrogens with one attached hydrogen (secondary N) is 1. The second-order valence-electron chi connectivity index (χ2n) is 4.41. The molecule has 0 heterocycles. The highest BCUT2D eigenvalue weighted by Crippen LogP contribution is 2.23. The molecule has 2 rings (SSSR count). The van der Waals surface area contributed by atoms with Crippen molar-refractivity contribution in [1.82, 2.24) is 0 Å². The van der Waals surface area contributed by atoms with Gasteiger partial charge in [-0.15, -0.1) is 0 Å². The summed E-state index contributed by atoms with van der Waals surface area (Å²) in [7, 11) is 0. The van der Waals surface area contributed by atoms with Crippen molar-refractivity contribution in [3.63, 3.8) is 0 Å². The Morgan fingerprint density at radius 1 is 1.11 bits per heavy atom. The van der Waals surface area contributed by atoms with E-state index in [2.05, 4.69) is 53.3 Å². The van der Waals surface area contributed by atoms with Gasteiger partial charge < -0.3 is 5.32 Å². The molecular formula is C15H15BrClN. The van der Waals surface area contributed by atoms with Gasteiger partial charge in [-0.25, -0.2) is 0 Å². The molecule has 2 aromatic rings. The van der Waals surface area contributed by atoms with Crippen molar-refractivity contribution in [3.05, 3.63) is 62.6 Å². The Bertz CT molecular complexity index is 515. The zero-order valence-electron chi connectivity index (χ0n) is 10.4. The Morgan fingerprint density at radius 2 is 1.89 bits per heavy atom. The molecule has 0 radical (unpaired) electrons. The van der Waals surface area contributed by atoms with Crippen LogP contribution in [-0.4, -0.2) is 0 Å². The maximum Gasteiger partial charge on any atom is 0.0467 e. The number of hydrogen-bond acceptors (Lipinski definition) is 1. The van der Waals surface area contributed by atoms with Gasteiger partial charge in [-0.2, -0.15) is 0 Å². The van der Waals surface area contributed by atoms with Gasteiger partial charge in [-0.3, -0.25) is 0 Å². The molecule has 0 bridgehead atoms. The number of halogens is 2. The van der Waals surface area contributed by atoms with Crippen molar-refractivity contribution in [2.75, 3.05) is 5.32 Å². The maximum absolute atomic E-state index is 6.19. The first-order valence-corrected chi connectivity index (χ1v) is 6.98. The summed E-state index contributed by atoms with van der Waals surface area (Å²) in [4.78, 5) is 0. The lowest BCUT2D eigenvalue weighted by molar-refractivity contribution is 1.14. The number of anilines is 1. The van der Waals surface area contributed by atoms with Gasteiger partial charge in [-0.05, 0) is 43.2 Å². The van der Waals surface area contributed by atoms with Crippen LogP contribution in [0, 0.1) is 13.8 Å². The summed E-state index contributed by atoms with van der Waals surface area (Å²) in [6, 6.07) is 12.3. The zero-order valence-corrected chi connectivity index (χ0v) is 12.8. The molecule has 0 aliphatic carbocycles. The molecule has 0 saturated heterocycles. The molecule has 18 heavy (non-hydrogen) atoms. The van der Waals surface area contributed by atoms with E-state index in [0.717, 1.165) is 27.3 Å². The van der Waals surface area contributed by atoms with Gasteiger partial charge in [0.25, 0.3) is 0 Å². The van der Waals surface area contributed by atoms with E-state index in [4.69, 9.17) is 11.6 Å². The van der Waals surface area contributed by atoms with E-state index in [0.29, 0.717) is 0 Å². The first kappa shape index (κ1) is 13.4. The Morgan fingerprint density at radius 3 is 2.56 bits per heavy atom. The van der Waals surface area contributed by atoms with E-state index in [1.807, 2.05) is 18.2 Å². The second kappa shape index (κ2) is 5.77. The lowest BCUT2D eigenvalue weighted by Gasteiger charge is -2.11. The van der Waals surface area contributed by atoms with Crippen LogP contribution in [0.1, 0.15) is 16.7 Å². The SMILES string of the molecule is Cc1ccc(NCc2ccc(Br)cc2Cl)c(C)c1. The fourth-order valence-corrected chi connectivity index (χ4v) is 2.61. The van der Waals surface area contributed by atoms with Crippen LogP contribution in [0.25, 0.3) is 0 Å². The van der Waals surface area contributed by atoms with E-state index in [1.165, 1.54) is 11.1 Å². The van der Waals surface area contributed by atoms with Gasteiger partial charge in [0.05, 0.1) is 0 Å². The van der Waals surface area contributed by atoms with Crippen LogP contribution in [0.5, 0.6) is 0 Å². The molecule has 0 unspecified atom stereocenters. The molecule has 0 spiro atoms. The highest BCUT2D eigenvalue weighted by atomic mass is 79.9. The van der Waals surface area contributed by atoms with E-state index in [-0.39, 0.29) is 0 Å². The minimum Gasteiger partial charge on any atom is -0.381 e. The highest BCUT2D eigenvalue weighted by Gasteiger charge is 2.02. The third-order valence-electron chi connectivity index (χ3n) is 2.87. The summed E-state index contributed by atoms with van der Waals surface area (Å²) < 4.78 is 1.00. The third kappa shape index (κ3) is 3.27. The van der Waals surface area contributed by atoms with Gasteiger partial charge in [0, 0.05) is 21.7 Å². The van der Waals surface area contributed by atoms with Crippen molar-refractivity contribution in [3.8, 4) is 0 Å². The van der Waals surface area contributed by atoms with E-state index >= 15 is 0 Å². The average molecular weight is 325 g/mol. The average Bonchev–Trinajstić information content (AvgIpc) is 2.30. The Labute approximate surface area is 121 Å². The number of aryl methyl sites for hydroxylation is 2. The minimum absolute atomic E-state index is 0.732. The van der Waals surface area contributed by atoms with Crippen LogP contribution in [0.15, 0.2) is 40.9 Å². The summed E-state index contributed by atoms with van der Waals surface area (Å²) in [5.41, 5.74) is 4.78. The van der Waals surface area contributed by atoms with E-state index in [9.17, 15) is 0 Å². The second-order valence-corrected chi connectivity index (χ2v) is 5.73. The predicted molar refractivity (Wildman–Crippen MR) is 82.4 cm³/mol. The summed E-state index contributed by atoms with van der Waals surface area (Å²) >= 11 is 9.60. The molecule has 0 atom stereocenters. The molecule has 0 amide bonds. The van der Waals surface area contributed by atoms with E-state index < -0.39 is 0 Å². The lowest BCUT2D eigenvalue weighted by atomic mass is 10.1. The first-order valence-electron chi connectivity index (χ1n) is 5.81. The Balaban J connectivity index is 2.11. The number of hydrogen-bond donors (Lipinski definition) is 1. The van der Waals surface area contributed by atoms with Gasteiger partial charge in [0.15, 0.2) is 0 Å². The quantitative estimate of drug-likeness (QED) is 0.804. The van der Waals surface area contributed by atoms with Crippen LogP contribution < -0.4 is 5.32 Å². The third-order valence-corrected chi connectivity index (χ3v) is 3.71. The summed E-state index contributed by atoms with van der Waals surface area (Å²) in [5, 5.41) is 4.20. The molecular weight excluding hydrogens is 310 g/mol. The molecule has 0 aliphatic rings. The largest absolute Gasteiger partial charge is 0.381 e. The lowest BCUT2D eigenvalue weighted by Crippen LogP contribution is -2.01. The predicted octanol–water partition coefficient (Wildman–Crippen LogP) is 5.33. The Hall–Kier alpha value is -0.990. The molecule has 94 valence electrons. The fraction of sp³-hybridized carbons (Fsp3) is 0.200. The molecule has 0 fully saturated rings. The van der Waals surface area contributed by atoms with Crippen molar-refractivity contribution in [2.24, 2.45) is 0 Å². The van der Waals surface area contributed by atoms with Crippen LogP contribution in [0.3, 0.4) is 0 Å². The van der Waals surface area contributed by atoms with Crippen LogP contribution in [0.2, 0.25) is 5.02 Å². The van der Waals surface area contributed by atoms with Crippen LogP contribution in [0.4, 0.5) is 5.69 Å². The van der Waals surface area contributed by atoms with Gasteiger partial charge in [0.2, 0.25) is 0 Å². The van der Waals surface area contributed by atoms with Gasteiger partial charge >= 0.3 is 0 Å². The molecule has 0 aromatic heterocycles. The molecule has 0 saturated carbocycles. The molecule has 2 aromatic carbocycles. The fourth-order valence-electron chi connectivity index (χ4n) is 1.87. The Kier molecular flexibility index (Phi) is 4.31. The normalized spacial score (nSPS) is 10.4. The van der Waals surface area contributed by atoms with Gasteiger partial charge in [-0.1, -0.05) is 51.3 Å². The summed E-state index contributed by atoms with van der Waals surface area (Å²) in [6.07, 6.45) is 0. The number of benzene rings is 2. The number of rotatable bonds is 3. The van der Waals surface area contributed by atoms with Gasteiger partial charge in [0.1, 0.15) is 0 Å². The standard InChI is InChI=1S/C15H15BrClN/c1-10-3-6-15(11(2)7-10)18-9-12-4-5-13(16)8-14(12)17/h3-8,18H,9H2,1-2H3. The molecule has 1 nitrogen and oxygen atoms in total. The van der Waals surface area contributed by atoms with Crippen LogP contribution >= 0.6 is 27.5 Å². The van der Waals surface area contributed by atoms with Crippen LogP contribution in [-0.2, 0) is 6.54 Å². The maximum atomic E-state index is 6.19. The summed E-state index contributed by atoms with van der Waals surface area (Å²) in [6.45, 7) is 4.94. The molecule has 0 aliphatic heterocycles. The smallest absolute Gasteiger partial charge is 0.0467 e. The van der Waals surface area contributed by atoms with Crippen molar-refractivity contribution in [2.45, 2.75) is 20.4 Å². The zero-order chi connectivity index (χ0) is 13.1. The highest BCUT2D eigenvalue weighted by molar-refractivity contribution is 9.10. The van der Waals surface area contributed by atoms with Crippen molar-refractivity contribution in [1.29, 1.82) is 0 Å².